The summed E-state index contributed by atoms with van der Waals surface area (Å²) in [5.41, 5.74) is 8.99. The van der Waals surface area contributed by atoms with Gasteiger partial charge in [-0.25, -0.2) is 0 Å². The Morgan fingerprint density at radius 1 is 1.05 bits per heavy atom. The van der Waals surface area contributed by atoms with Crippen LogP contribution >= 0.6 is 0 Å². The van der Waals surface area contributed by atoms with Gasteiger partial charge in [0.15, 0.2) is 0 Å². The van der Waals surface area contributed by atoms with E-state index < -0.39 is 0 Å². The maximum absolute atomic E-state index is 6.52. The Morgan fingerprint density at radius 2 is 1.75 bits per heavy atom. The lowest BCUT2D eigenvalue weighted by molar-refractivity contribution is 0.0206. The average Bonchev–Trinajstić information content (AvgIpc) is 2.80. The van der Waals surface area contributed by atoms with E-state index in [0.717, 1.165) is 19.3 Å². The monoisotopic (exact) mass is 279 g/mol. The van der Waals surface area contributed by atoms with Crippen molar-refractivity contribution in [2.24, 2.45) is 5.73 Å². The Bertz CT molecular complexity index is 410. The quantitative estimate of drug-likeness (QED) is 0.701. The van der Waals surface area contributed by atoms with Crippen LogP contribution in [-0.2, 0) is 26.2 Å². The second-order valence-electron chi connectivity index (χ2n) is 5.28. The molecule has 0 aromatic heterocycles. The zero-order valence-electron chi connectivity index (χ0n) is 12.3. The van der Waals surface area contributed by atoms with E-state index in [0.29, 0.717) is 33.0 Å². The highest BCUT2D eigenvalue weighted by Crippen LogP contribution is 2.36. The van der Waals surface area contributed by atoms with Gasteiger partial charge in [-0.2, -0.15) is 0 Å². The topological polar surface area (TPSA) is 53.7 Å². The number of aryl methyl sites for hydroxylation is 1. The van der Waals surface area contributed by atoms with Gasteiger partial charge in [-0.3, -0.25) is 0 Å². The molecule has 0 saturated carbocycles. The molecular weight excluding hydrogens is 254 g/mol. The minimum Gasteiger partial charge on any atom is -0.382 e. The third-order valence-corrected chi connectivity index (χ3v) is 3.89. The molecule has 2 rings (SSSR count). The van der Waals surface area contributed by atoms with Crippen LogP contribution < -0.4 is 5.73 Å². The molecule has 0 fully saturated rings. The lowest BCUT2D eigenvalue weighted by Crippen LogP contribution is -2.35. The fourth-order valence-corrected chi connectivity index (χ4v) is 2.69. The highest BCUT2D eigenvalue weighted by Gasteiger charge is 2.34. The van der Waals surface area contributed by atoms with Crippen LogP contribution in [0.2, 0.25) is 0 Å². The Hall–Kier alpha value is -0.940. The van der Waals surface area contributed by atoms with Crippen LogP contribution in [-0.4, -0.2) is 40.1 Å². The molecule has 4 nitrogen and oxygen atoms in total. The van der Waals surface area contributed by atoms with E-state index >= 15 is 0 Å². The van der Waals surface area contributed by atoms with Crippen LogP contribution in [0.4, 0.5) is 0 Å². The molecule has 4 heteroatoms. The Labute approximate surface area is 121 Å². The molecule has 1 aliphatic carbocycles. The number of nitrogens with two attached hydrogens (primary N) is 1. The van der Waals surface area contributed by atoms with Crippen molar-refractivity contribution in [3.8, 4) is 0 Å². The number of hydrogen-bond acceptors (Lipinski definition) is 4. The van der Waals surface area contributed by atoms with E-state index in [4.69, 9.17) is 19.9 Å². The van der Waals surface area contributed by atoms with Crippen molar-refractivity contribution < 1.29 is 14.2 Å². The van der Waals surface area contributed by atoms with E-state index in [2.05, 4.69) is 24.3 Å². The van der Waals surface area contributed by atoms with Crippen LogP contribution in [0.3, 0.4) is 0 Å². The SMILES string of the molecule is COCCOCCOCCC1(N)CCc2ccccc21. The summed E-state index contributed by atoms with van der Waals surface area (Å²) in [5, 5.41) is 0. The summed E-state index contributed by atoms with van der Waals surface area (Å²) < 4.78 is 15.9. The minimum absolute atomic E-state index is 0.215. The first kappa shape index (κ1) is 15.4. The number of fused-ring (bicyclic) bond motifs is 1. The summed E-state index contributed by atoms with van der Waals surface area (Å²) >= 11 is 0. The van der Waals surface area contributed by atoms with Gasteiger partial charge in [0.25, 0.3) is 0 Å². The average molecular weight is 279 g/mol. The van der Waals surface area contributed by atoms with Crippen LogP contribution in [0.25, 0.3) is 0 Å². The molecule has 0 radical (unpaired) electrons. The molecule has 0 amide bonds. The molecule has 20 heavy (non-hydrogen) atoms. The molecule has 1 atom stereocenters. The lowest BCUT2D eigenvalue weighted by Gasteiger charge is -2.25. The molecular formula is C16H25NO3. The number of ether oxygens (including phenoxy) is 3. The normalized spacial score (nSPS) is 21.1. The van der Waals surface area contributed by atoms with Crippen LogP contribution in [0, 0.1) is 0 Å². The third kappa shape index (κ3) is 4.03. The zero-order valence-corrected chi connectivity index (χ0v) is 12.3. The first-order chi connectivity index (χ1) is 9.76. The second-order valence-corrected chi connectivity index (χ2v) is 5.28. The van der Waals surface area contributed by atoms with E-state index in [1.807, 2.05) is 0 Å². The van der Waals surface area contributed by atoms with E-state index in [1.54, 1.807) is 7.11 Å². The van der Waals surface area contributed by atoms with Crippen molar-refractivity contribution in [1.29, 1.82) is 0 Å². The predicted octanol–water partition coefficient (Wildman–Crippen LogP) is 1.86. The molecule has 0 aliphatic heterocycles. The number of benzene rings is 1. The molecule has 112 valence electrons. The van der Waals surface area contributed by atoms with Crippen molar-refractivity contribution >= 4 is 0 Å². The summed E-state index contributed by atoms with van der Waals surface area (Å²) in [6.45, 7) is 3.15. The maximum atomic E-state index is 6.52. The van der Waals surface area contributed by atoms with Gasteiger partial charge in [-0.1, -0.05) is 24.3 Å². The molecule has 1 unspecified atom stereocenters. The maximum Gasteiger partial charge on any atom is 0.0701 e. The van der Waals surface area contributed by atoms with Crippen molar-refractivity contribution in [2.45, 2.75) is 24.8 Å². The number of hydrogen-bond donors (Lipinski definition) is 1. The van der Waals surface area contributed by atoms with Crippen LogP contribution in [0.5, 0.6) is 0 Å². The minimum atomic E-state index is -0.215. The van der Waals surface area contributed by atoms with Crippen LogP contribution in [0.15, 0.2) is 24.3 Å². The Kier molecular flexibility index (Phi) is 5.98. The Morgan fingerprint density at radius 3 is 2.55 bits per heavy atom. The molecule has 0 heterocycles. The van der Waals surface area contributed by atoms with Crippen LogP contribution in [0.1, 0.15) is 24.0 Å². The molecule has 0 saturated heterocycles. The first-order valence-corrected chi connectivity index (χ1v) is 7.28. The molecule has 0 spiro atoms. The zero-order chi connectivity index (χ0) is 14.3. The van der Waals surface area contributed by atoms with Crippen molar-refractivity contribution in [3.63, 3.8) is 0 Å². The van der Waals surface area contributed by atoms with Crippen molar-refractivity contribution in [3.05, 3.63) is 35.4 Å². The van der Waals surface area contributed by atoms with Crippen molar-refractivity contribution in [1.82, 2.24) is 0 Å². The fraction of sp³-hybridized carbons (Fsp3) is 0.625. The Balaban J connectivity index is 1.65. The van der Waals surface area contributed by atoms with E-state index in [1.165, 1.54) is 11.1 Å². The van der Waals surface area contributed by atoms with Gasteiger partial charge in [-0.05, 0) is 30.4 Å². The number of methoxy groups -OCH3 is 1. The molecule has 2 N–H and O–H groups in total. The van der Waals surface area contributed by atoms with Gasteiger partial charge >= 0.3 is 0 Å². The van der Waals surface area contributed by atoms with E-state index in [9.17, 15) is 0 Å². The summed E-state index contributed by atoms with van der Waals surface area (Å²) in [5.74, 6) is 0. The van der Waals surface area contributed by atoms with Gasteiger partial charge < -0.3 is 19.9 Å². The van der Waals surface area contributed by atoms with E-state index in [-0.39, 0.29) is 5.54 Å². The smallest absolute Gasteiger partial charge is 0.0701 e. The predicted molar refractivity (Wildman–Crippen MR) is 78.8 cm³/mol. The first-order valence-electron chi connectivity index (χ1n) is 7.28. The molecule has 1 aromatic carbocycles. The molecule has 1 aliphatic rings. The summed E-state index contributed by atoms with van der Waals surface area (Å²) in [6, 6.07) is 8.47. The van der Waals surface area contributed by atoms with Gasteiger partial charge in [0, 0.05) is 19.3 Å². The highest BCUT2D eigenvalue weighted by atomic mass is 16.5. The number of rotatable bonds is 9. The highest BCUT2D eigenvalue weighted by molar-refractivity contribution is 5.38. The van der Waals surface area contributed by atoms with Gasteiger partial charge in [-0.15, -0.1) is 0 Å². The van der Waals surface area contributed by atoms with Gasteiger partial charge in [0.2, 0.25) is 0 Å². The third-order valence-electron chi connectivity index (χ3n) is 3.89. The second kappa shape index (κ2) is 7.74. The lowest BCUT2D eigenvalue weighted by atomic mass is 9.90. The fourth-order valence-electron chi connectivity index (χ4n) is 2.69. The standard InChI is InChI=1S/C16H25NO3/c1-18-10-11-20-13-12-19-9-8-16(17)7-6-14-4-2-3-5-15(14)16/h2-5H,6-13,17H2,1H3. The summed E-state index contributed by atoms with van der Waals surface area (Å²) in [7, 11) is 1.67. The van der Waals surface area contributed by atoms with Gasteiger partial charge in [0.05, 0.1) is 26.4 Å². The summed E-state index contributed by atoms with van der Waals surface area (Å²) in [4.78, 5) is 0. The van der Waals surface area contributed by atoms with Gasteiger partial charge in [0.1, 0.15) is 0 Å². The molecule has 0 bridgehead atoms. The molecule has 1 aromatic rings. The van der Waals surface area contributed by atoms with Crippen molar-refractivity contribution in [2.75, 3.05) is 40.1 Å². The largest absolute Gasteiger partial charge is 0.382 e. The summed E-state index contributed by atoms with van der Waals surface area (Å²) in [6.07, 6.45) is 2.95.